The van der Waals surface area contributed by atoms with Gasteiger partial charge >= 0.3 is 7.12 Å². The number of anilines is 1. The van der Waals surface area contributed by atoms with Gasteiger partial charge in [-0.15, -0.1) is 10.2 Å². The van der Waals surface area contributed by atoms with Crippen LogP contribution in [0.5, 0.6) is 0 Å². The maximum Gasteiger partial charge on any atom is 0.488 e. The molecule has 28 heavy (non-hydrogen) atoms. The molecule has 8 heteroatoms. The highest BCUT2D eigenvalue weighted by Gasteiger charge is 2.30. The van der Waals surface area contributed by atoms with Gasteiger partial charge in [0, 0.05) is 37.1 Å². The first-order valence-corrected chi connectivity index (χ1v) is 10.3. The van der Waals surface area contributed by atoms with E-state index in [1.807, 2.05) is 26.2 Å². The maximum absolute atomic E-state index is 9.21. The Labute approximate surface area is 169 Å². The molecule has 0 spiro atoms. The highest BCUT2D eigenvalue weighted by Crippen LogP contribution is 2.41. The first kappa shape index (κ1) is 19.0. The fraction of sp³-hybridized carbons (Fsp3) is 0.300. The number of benzene rings is 2. The van der Waals surface area contributed by atoms with Crippen LogP contribution in [0.25, 0.3) is 11.4 Å². The molecule has 1 heterocycles. The van der Waals surface area contributed by atoms with Crippen molar-refractivity contribution in [3.63, 3.8) is 0 Å². The molecule has 1 saturated carbocycles. The number of thioether (sulfide) groups is 1. The fourth-order valence-electron chi connectivity index (χ4n) is 3.08. The maximum atomic E-state index is 9.21. The molecule has 0 amide bonds. The molecule has 2 N–H and O–H groups in total. The molecule has 1 aliphatic rings. The first-order valence-electron chi connectivity index (χ1n) is 9.33. The second kappa shape index (κ2) is 7.99. The highest BCUT2D eigenvalue weighted by molar-refractivity contribution is 7.98. The van der Waals surface area contributed by atoms with E-state index in [9.17, 15) is 10.0 Å². The third-order valence-corrected chi connectivity index (χ3v) is 5.88. The largest absolute Gasteiger partial charge is 0.488 e. The monoisotopic (exact) mass is 394 g/mol. The van der Waals surface area contributed by atoms with E-state index >= 15 is 0 Å². The van der Waals surface area contributed by atoms with Gasteiger partial charge in [0.25, 0.3) is 0 Å². The molecule has 4 rings (SSSR count). The van der Waals surface area contributed by atoms with Crippen LogP contribution in [0.15, 0.2) is 53.7 Å². The summed E-state index contributed by atoms with van der Waals surface area (Å²) in [5, 5.41) is 28.3. The smallest absolute Gasteiger partial charge is 0.423 e. The van der Waals surface area contributed by atoms with Crippen LogP contribution in [0, 0.1) is 0 Å². The Morgan fingerprint density at radius 3 is 2.29 bits per heavy atom. The number of rotatable bonds is 7. The van der Waals surface area contributed by atoms with Gasteiger partial charge in [-0.05, 0) is 48.1 Å². The summed E-state index contributed by atoms with van der Waals surface area (Å²) in [5.41, 5.74) is 3.85. The average molecular weight is 394 g/mol. The predicted octanol–water partition coefficient (Wildman–Crippen LogP) is 2.32. The zero-order chi connectivity index (χ0) is 19.7. The molecular formula is C20H23BN4O2S. The Bertz CT molecular complexity index is 938. The molecule has 0 bridgehead atoms. The van der Waals surface area contributed by atoms with Crippen molar-refractivity contribution in [1.29, 1.82) is 0 Å². The van der Waals surface area contributed by atoms with Crippen molar-refractivity contribution in [2.75, 3.05) is 19.0 Å². The van der Waals surface area contributed by atoms with Gasteiger partial charge in [-0.2, -0.15) is 0 Å². The van der Waals surface area contributed by atoms with E-state index in [-0.39, 0.29) is 0 Å². The minimum absolute atomic E-state index is 0.480. The second-order valence-corrected chi connectivity index (χ2v) is 8.20. The van der Waals surface area contributed by atoms with E-state index in [4.69, 9.17) is 0 Å². The average Bonchev–Trinajstić information content (AvgIpc) is 3.45. The first-order chi connectivity index (χ1) is 13.5. The summed E-state index contributed by atoms with van der Waals surface area (Å²) in [5.74, 6) is 1.68. The van der Waals surface area contributed by atoms with Crippen molar-refractivity contribution in [3.05, 3.63) is 54.1 Å². The van der Waals surface area contributed by atoms with E-state index in [2.05, 4.69) is 43.9 Å². The van der Waals surface area contributed by atoms with Crippen LogP contribution < -0.4 is 10.4 Å². The lowest BCUT2D eigenvalue weighted by Gasteiger charge is -2.13. The van der Waals surface area contributed by atoms with Gasteiger partial charge in [0.1, 0.15) is 0 Å². The minimum Gasteiger partial charge on any atom is -0.423 e. The zero-order valence-electron chi connectivity index (χ0n) is 16.0. The standard InChI is InChI=1S/C20H23BN4O2S/c1-24(2)17-9-5-15(6-10-17)19-22-23-20(25(19)18-11-12-18)28-13-14-3-7-16(8-4-14)21(26)27/h3-10,18,26-27H,11-13H2,1-2H3. The van der Waals surface area contributed by atoms with Crippen LogP contribution in [0.4, 0.5) is 5.69 Å². The summed E-state index contributed by atoms with van der Waals surface area (Å²) in [6.07, 6.45) is 2.33. The number of hydrogen-bond donors (Lipinski definition) is 2. The molecule has 1 aromatic heterocycles. The van der Waals surface area contributed by atoms with Crippen LogP contribution in [0.1, 0.15) is 24.4 Å². The van der Waals surface area contributed by atoms with Crippen molar-refractivity contribution in [3.8, 4) is 11.4 Å². The summed E-state index contributed by atoms with van der Waals surface area (Å²) in [6, 6.07) is 16.2. The lowest BCUT2D eigenvalue weighted by molar-refractivity contribution is 0.426. The lowest BCUT2D eigenvalue weighted by atomic mass is 9.80. The molecule has 0 atom stereocenters. The van der Waals surface area contributed by atoms with E-state index < -0.39 is 7.12 Å². The summed E-state index contributed by atoms with van der Waals surface area (Å²) < 4.78 is 2.27. The second-order valence-electron chi connectivity index (χ2n) is 7.25. The van der Waals surface area contributed by atoms with Gasteiger partial charge in [-0.1, -0.05) is 36.0 Å². The third kappa shape index (κ3) is 4.09. The van der Waals surface area contributed by atoms with Crippen LogP contribution >= 0.6 is 11.8 Å². The van der Waals surface area contributed by atoms with Crippen LogP contribution in [0.3, 0.4) is 0 Å². The van der Waals surface area contributed by atoms with Crippen LogP contribution in [0.2, 0.25) is 0 Å². The normalized spacial score (nSPS) is 13.6. The summed E-state index contributed by atoms with van der Waals surface area (Å²) in [4.78, 5) is 2.08. The highest BCUT2D eigenvalue weighted by atomic mass is 32.2. The molecule has 144 valence electrons. The molecule has 0 aliphatic heterocycles. The summed E-state index contributed by atoms with van der Waals surface area (Å²) >= 11 is 1.66. The number of hydrogen-bond acceptors (Lipinski definition) is 6. The van der Waals surface area contributed by atoms with Crippen molar-refractivity contribution >= 4 is 30.0 Å². The molecule has 1 aliphatic carbocycles. The van der Waals surface area contributed by atoms with Gasteiger partial charge < -0.3 is 14.9 Å². The van der Waals surface area contributed by atoms with Gasteiger partial charge in [0.2, 0.25) is 0 Å². The fourth-order valence-corrected chi connectivity index (χ4v) is 4.04. The lowest BCUT2D eigenvalue weighted by Crippen LogP contribution is -2.29. The molecule has 0 unspecified atom stereocenters. The zero-order valence-corrected chi connectivity index (χ0v) is 16.8. The predicted molar refractivity (Wildman–Crippen MR) is 114 cm³/mol. The van der Waals surface area contributed by atoms with E-state index in [0.717, 1.165) is 46.4 Å². The van der Waals surface area contributed by atoms with Gasteiger partial charge in [-0.25, -0.2) is 0 Å². The quantitative estimate of drug-likeness (QED) is 0.473. The molecule has 1 fully saturated rings. The molecule has 3 aromatic rings. The SMILES string of the molecule is CN(C)c1ccc(-c2nnc(SCc3ccc(B(O)O)cc3)n2C2CC2)cc1. The van der Waals surface area contributed by atoms with Crippen molar-refractivity contribution < 1.29 is 10.0 Å². The Morgan fingerprint density at radius 2 is 1.71 bits per heavy atom. The molecule has 6 nitrogen and oxygen atoms in total. The number of nitrogens with zero attached hydrogens (tertiary/aromatic N) is 4. The van der Waals surface area contributed by atoms with Gasteiger partial charge in [0.15, 0.2) is 11.0 Å². The summed E-state index contributed by atoms with van der Waals surface area (Å²) in [6.45, 7) is 0. The Kier molecular flexibility index (Phi) is 5.43. The minimum atomic E-state index is -1.43. The van der Waals surface area contributed by atoms with Crippen LogP contribution in [-0.2, 0) is 5.75 Å². The van der Waals surface area contributed by atoms with Crippen molar-refractivity contribution in [1.82, 2.24) is 14.8 Å². The number of aromatic nitrogens is 3. The van der Waals surface area contributed by atoms with E-state index in [1.165, 1.54) is 0 Å². The van der Waals surface area contributed by atoms with Crippen molar-refractivity contribution in [2.24, 2.45) is 0 Å². The van der Waals surface area contributed by atoms with Gasteiger partial charge in [-0.3, -0.25) is 4.57 Å². The Morgan fingerprint density at radius 1 is 1.04 bits per heavy atom. The summed E-state index contributed by atoms with van der Waals surface area (Å²) in [7, 11) is 2.63. The Balaban J connectivity index is 1.53. The van der Waals surface area contributed by atoms with Gasteiger partial charge in [0.05, 0.1) is 0 Å². The topological polar surface area (TPSA) is 74.4 Å². The third-order valence-electron chi connectivity index (χ3n) is 4.86. The molecule has 0 saturated heterocycles. The van der Waals surface area contributed by atoms with Crippen molar-refractivity contribution in [2.45, 2.75) is 29.8 Å². The van der Waals surface area contributed by atoms with E-state index in [1.54, 1.807) is 23.9 Å². The molecule has 2 aromatic carbocycles. The Hall–Kier alpha value is -2.29. The van der Waals surface area contributed by atoms with Crippen LogP contribution in [-0.4, -0.2) is 46.0 Å². The molecular weight excluding hydrogens is 371 g/mol. The molecule has 0 radical (unpaired) electrons. The van der Waals surface area contributed by atoms with E-state index in [0.29, 0.717) is 11.5 Å².